The van der Waals surface area contributed by atoms with E-state index >= 15 is 0 Å². The largest absolute Gasteiger partial charge is 0.278 e. The molecule has 0 heterocycles. The van der Waals surface area contributed by atoms with Gasteiger partial charge in [0.15, 0.2) is 0 Å². The molecule has 1 rings (SSSR count). The molecule has 0 aliphatic heterocycles. The average molecular weight is 280 g/mol. The van der Waals surface area contributed by atoms with Crippen molar-refractivity contribution in [1.29, 1.82) is 0 Å². The predicted molar refractivity (Wildman–Crippen MR) is 64.2 cm³/mol. The fourth-order valence-corrected chi connectivity index (χ4v) is 1.34. The third kappa shape index (κ3) is 3.81. The highest BCUT2D eigenvalue weighted by molar-refractivity contribution is 7.01. The Morgan fingerprint density at radius 3 is 2.31 bits per heavy atom. The van der Waals surface area contributed by atoms with Crippen LogP contribution in [0.3, 0.4) is 0 Å². The van der Waals surface area contributed by atoms with Crippen molar-refractivity contribution in [2.45, 2.75) is 0 Å². The predicted octanol–water partition coefficient (Wildman–Crippen LogP) is 2.64. The molecule has 16 heavy (non-hydrogen) atoms. The molecule has 0 bridgehead atoms. The minimum absolute atomic E-state index is 0.483. The van der Waals surface area contributed by atoms with Gasteiger partial charge < -0.3 is 0 Å². The summed E-state index contributed by atoms with van der Waals surface area (Å²) in [6.07, 6.45) is 0. The van der Waals surface area contributed by atoms with Crippen molar-refractivity contribution in [2.75, 3.05) is 5.43 Å². The van der Waals surface area contributed by atoms with Crippen LogP contribution in [0.15, 0.2) is 29.4 Å². The van der Waals surface area contributed by atoms with Gasteiger partial charge in [-0.25, -0.2) is 0 Å². The van der Waals surface area contributed by atoms with E-state index in [-0.39, 0.29) is 0 Å². The van der Waals surface area contributed by atoms with Crippen LogP contribution in [0.5, 0.6) is 0 Å². The molecule has 0 atom stereocenters. The fraction of sp³-hybridized carbons (Fsp3) is 0. The summed E-state index contributed by atoms with van der Waals surface area (Å²) >= 11 is 15.9. The summed E-state index contributed by atoms with van der Waals surface area (Å²) in [7, 11) is 0. The van der Waals surface area contributed by atoms with Gasteiger partial charge in [-0.15, -0.1) is 0 Å². The molecule has 1 aromatic rings. The minimum Gasteiger partial charge on any atom is -0.278 e. The van der Waals surface area contributed by atoms with Crippen LogP contribution in [-0.4, -0.2) is 16.2 Å². The van der Waals surface area contributed by atoms with Crippen LogP contribution in [0.2, 0.25) is 5.02 Å². The normalized spacial score (nSPS) is 9.44. The number of carbonyl (C=O) groups excluding carboxylic acids is 2. The van der Waals surface area contributed by atoms with Gasteiger partial charge in [-0.05, 0) is 41.4 Å². The first kappa shape index (κ1) is 13.0. The summed E-state index contributed by atoms with van der Waals surface area (Å²) in [6.45, 7) is 0. The summed E-state index contributed by atoms with van der Waals surface area (Å²) in [5, 5.41) is 1.90. The molecule has 7 heteroatoms. The molecule has 84 valence electrons. The zero-order chi connectivity index (χ0) is 12.1. The van der Waals surface area contributed by atoms with Gasteiger partial charge in [-0.2, -0.15) is 5.10 Å². The first-order valence-electron chi connectivity index (χ1n) is 3.99. The first-order valence-corrected chi connectivity index (χ1v) is 5.13. The Morgan fingerprint density at radius 2 is 1.81 bits per heavy atom. The van der Waals surface area contributed by atoms with Gasteiger partial charge >= 0.3 is 0 Å². The second-order valence-corrected chi connectivity index (χ2v) is 3.75. The van der Waals surface area contributed by atoms with Crippen LogP contribution in [0.4, 0.5) is 5.69 Å². The van der Waals surface area contributed by atoms with Gasteiger partial charge in [-0.1, -0.05) is 17.7 Å². The lowest BCUT2D eigenvalue weighted by Crippen LogP contribution is -2.17. The van der Waals surface area contributed by atoms with Crippen LogP contribution in [0.25, 0.3) is 0 Å². The van der Waals surface area contributed by atoms with Crippen LogP contribution in [0.1, 0.15) is 0 Å². The van der Waals surface area contributed by atoms with Gasteiger partial charge in [0.1, 0.15) is 0 Å². The molecule has 0 aliphatic rings. The zero-order valence-corrected chi connectivity index (χ0v) is 9.97. The van der Waals surface area contributed by atoms with Gasteiger partial charge in [0.2, 0.25) is 5.71 Å². The summed E-state index contributed by atoms with van der Waals surface area (Å²) in [5.41, 5.74) is 2.36. The van der Waals surface area contributed by atoms with E-state index in [9.17, 15) is 9.59 Å². The number of carbonyl (C=O) groups is 2. The van der Waals surface area contributed by atoms with Crippen molar-refractivity contribution in [3.05, 3.63) is 29.3 Å². The molecule has 0 amide bonds. The Morgan fingerprint density at radius 1 is 1.19 bits per heavy atom. The Bertz CT molecular complexity index is 444. The SMILES string of the molecule is O=C(Cl)C(=NNc1cccc(Cl)c1)C(=O)Cl. The number of anilines is 1. The average Bonchev–Trinajstić information content (AvgIpc) is 2.16. The molecule has 0 saturated carbocycles. The number of hydrazone groups is 1. The molecule has 0 unspecified atom stereocenters. The van der Waals surface area contributed by atoms with Crippen LogP contribution < -0.4 is 5.43 Å². The van der Waals surface area contributed by atoms with Crippen molar-refractivity contribution in [2.24, 2.45) is 5.10 Å². The quantitative estimate of drug-likeness (QED) is 0.399. The lowest BCUT2D eigenvalue weighted by Gasteiger charge is -2.01. The maximum atomic E-state index is 10.7. The van der Waals surface area contributed by atoms with Crippen molar-refractivity contribution in [1.82, 2.24) is 0 Å². The first-order chi connectivity index (χ1) is 7.50. The second kappa shape index (κ2) is 5.84. The third-order valence-electron chi connectivity index (χ3n) is 1.49. The number of hydrogen-bond acceptors (Lipinski definition) is 4. The molecule has 0 spiro atoms. The minimum atomic E-state index is -1.03. The molecule has 0 radical (unpaired) electrons. The summed E-state index contributed by atoms with van der Waals surface area (Å²) in [6, 6.07) is 6.53. The molecule has 0 aromatic heterocycles. The smallest absolute Gasteiger partial charge is 0.277 e. The number of halogens is 3. The second-order valence-electron chi connectivity index (χ2n) is 2.63. The highest BCUT2D eigenvalue weighted by atomic mass is 35.5. The van der Waals surface area contributed by atoms with Crippen LogP contribution in [0, 0.1) is 0 Å². The monoisotopic (exact) mass is 278 g/mol. The third-order valence-corrected chi connectivity index (χ3v) is 2.09. The lowest BCUT2D eigenvalue weighted by molar-refractivity contribution is -0.109. The van der Waals surface area contributed by atoms with E-state index in [4.69, 9.17) is 34.8 Å². The highest BCUT2D eigenvalue weighted by Gasteiger charge is 2.16. The van der Waals surface area contributed by atoms with E-state index in [1.807, 2.05) is 0 Å². The van der Waals surface area contributed by atoms with Crippen molar-refractivity contribution >= 4 is 56.7 Å². The van der Waals surface area contributed by atoms with Gasteiger partial charge in [0.05, 0.1) is 5.69 Å². The van der Waals surface area contributed by atoms with E-state index < -0.39 is 16.2 Å². The Labute approximate surface area is 106 Å². The van der Waals surface area contributed by atoms with Gasteiger partial charge in [-0.3, -0.25) is 15.0 Å². The maximum Gasteiger partial charge on any atom is 0.277 e. The summed E-state index contributed by atoms with van der Waals surface area (Å²) in [5.74, 6) is 0. The molecular weight excluding hydrogens is 274 g/mol. The fourth-order valence-electron chi connectivity index (χ4n) is 0.844. The topological polar surface area (TPSA) is 58.5 Å². The number of nitrogens with zero attached hydrogens (tertiary/aromatic N) is 1. The van der Waals surface area contributed by atoms with Crippen molar-refractivity contribution in [3.63, 3.8) is 0 Å². The highest BCUT2D eigenvalue weighted by Crippen LogP contribution is 2.14. The molecule has 1 N–H and O–H groups in total. The van der Waals surface area contributed by atoms with Gasteiger partial charge in [0.25, 0.3) is 10.5 Å². The van der Waals surface area contributed by atoms with E-state index in [1.165, 1.54) is 0 Å². The van der Waals surface area contributed by atoms with Crippen molar-refractivity contribution < 1.29 is 9.59 Å². The number of benzene rings is 1. The number of hydrogen-bond donors (Lipinski definition) is 1. The van der Waals surface area contributed by atoms with Gasteiger partial charge in [0, 0.05) is 5.02 Å². The molecule has 0 fully saturated rings. The zero-order valence-electron chi connectivity index (χ0n) is 7.71. The standard InChI is InChI=1S/C9H5Cl3N2O2/c10-5-2-1-3-6(4-5)13-14-7(8(11)15)9(12)16/h1-4,13H. The molecule has 0 aliphatic carbocycles. The maximum absolute atomic E-state index is 10.7. The van der Waals surface area contributed by atoms with Crippen LogP contribution >= 0.6 is 34.8 Å². The molecule has 4 nitrogen and oxygen atoms in total. The molecule has 1 aromatic carbocycles. The Hall–Kier alpha value is -1.10. The van der Waals surface area contributed by atoms with E-state index in [1.54, 1.807) is 24.3 Å². The summed E-state index contributed by atoms with van der Waals surface area (Å²) in [4.78, 5) is 21.5. The Balaban J connectivity index is 2.85. The van der Waals surface area contributed by atoms with E-state index in [2.05, 4.69) is 10.5 Å². The molecule has 0 saturated heterocycles. The van der Waals surface area contributed by atoms with Crippen LogP contribution in [-0.2, 0) is 9.59 Å². The molecular formula is C9H5Cl3N2O2. The van der Waals surface area contributed by atoms with E-state index in [0.717, 1.165) is 0 Å². The Kier molecular flexibility index (Phi) is 4.73. The number of rotatable bonds is 4. The summed E-state index contributed by atoms with van der Waals surface area (Å²) < 4.78 is 0. The lowest BCUT2D eigenvalue weighted by atomic mass is 10.3. The number of nitrogens with one attached hydrogen (secondary N) is 1. The van der Waals surface area contributed by atoms with E-state index in [0.29, 0.717) is 10.7 Å². The van der Waals surface area contributed by atoms with Crippen molar-refractivity contribution in [3.8, 4) is 0 Å².